The van der Waals surface area contributed by atoms with Crippen molar-refractivity contribution in [3.05, 3.63) is 59.2 Å². The number of pyridine rings is 1. The fourth-order valence-electron chi connectivity index (χ4n) is 4.72. The minimum atomic E-state index is -1.23. The Labute approximate surface area is 225 Å². The van der Waals surface area contributed by atoms with Crippen molar-refractivity contribution in [1.82, 2.24) is 4.98 Å². The summed E-state index contributed by atoms with van der Waals surface area (Å²) in [6.07, 6.45) is 1.82. The molecule has 0 amide bonds. The van der Waals surface area contributed by atoms with Crippen molar-refractivity contribution in [2.24, 2.45) is 5.92 Å². The zero-order valence-electron chi connectivity index (χ0n) is 20.0. The molecule has 1 atom stereocenters. The summed E-state index contributed by atoms with van der Waals surface area (Å²) in [5, 5.41) is 14.0. The van der Waals surface area contributed by atoms with Gasteiger partial charge in [-0.05, 0) is 74.2 Å². The first-order chi connectivity index (χ1) is 15.9. The average molecular weight is 484 g/mol. The Hall–Kier alpha value is -1.96. The number of benzene rings is 2. The van der Waals surface area contributed by atoms with Gasteiger partial charge in [0, 0.05) is 23.5 Å². The van der Waals surface area contributed by atoms with E-state index < -0.39 is 5.97 Å². The molecule has 5 nitrogen and oxygen atoms in total. The normalized spacial score (nSPS) is 15.3. The van der Waals surface area contributed by atoms with Crippen molar-refractivity contribution in [3.8, 4) is 16.3 Å². The molecule has 2 aromatic heterocycles. The number of carboxylic acid groups (broad SMARTS) is 1. The second-order valence-electron chi connectivity index (χ2n) is 8.77. The maximum absolute atomic E-state index is 12.3. The Morgan fingerprint density at radius 3 is 2.62 bits per heavy atom. The third-order valence-electron chi connectivity index (χ3n) is 6.66. The second kappa shape index (κ2) is 10.3. The van der Waals surface area contributed by atoms with Crippen LogP contribution in [-0.4, -0.2) is 30.3 Å². The van der Waals surface area contributed by atoms with Crippen molar-refractivity contribution >= 4 is 38.3 Å². The molecule has 170 valence electrons. The predicted molar refractivity (Wildman–Crippen MR) is 130 cm³/mol. The maximum atomic E-state index is 12.3. The van der Waals surface area contributed by atoms with E-state index in [2.05, 4.69) is 19.1 Å². The number of aromatic carboxylic acids is 1. The van der Waals surface area contributed by atoms with Crippen LogP contribution in [0.4, 0.5) is 0 Å². The molecule has 0 aliphatic carbocycles. The van der Waals surface area contributed by atoms with Gasteiger partial charge in [0.1, 0.15) is 5.75 Å². The number of hydrogen-bond acceptors (Lipinski definition) is 6. The van der Waals surface area contributed by atoms with Gasteiger partial charge in [-0.3, -0.25) is 0 Å². The maximum Gasteiger partial charge on any atom is 1.00 e. The van der Waals surface area contributed by atoms with E-state index in [1.165, 1.54) is 0 Å². The number of aromatic nitrogens is 1. The van der Waals surface area contributed by atoms with Gasteiger partial charge in [0.25, 0.3) is 0 Å². The second-order valence-corrected chi connectivity index (χ2v) is 9.82. The van der Waals surface area contributed by atoms with E-state index in [1.807, 2.05) is 38.1 Å². The van der Waals surface area contributed by atoms with E-state index in [0.29, 0.717) is 28.3 Å². The predicted octanol–water partition coefficient (Wildman–Crippen LogP) is 2.29. The number of carboxylic acids is 1. The first kappa shape index (κ1) is 25.1. The molecule has 7 heteroatoms. The van der Waals surface area contributed by atoms with Gasteiger partial charge in [0.15, 0.2) is 0 Å². The van der Waals surface area contributed by atoms with Crippen LogP contribution in [-0.2, 0) is 4.74 Å². The van der Waals surface area contributed by atoms with Crippen molar-refractivity contribution in [1.29, 1.82) is 0 Å². The SMILES string of the molecule is Cc1c(-c2cc(C(=O)[O-])c3c(OC(C)C4CCOCC4)ccc(C)c3n2)sc2ccccc12.[Na+]. The summed E-state index contributed by atoms with van der Waals surface area (Å²) >= 11 is 1.63. The quantitative estimate of drug-likeness (QED) is 0.408. The van der Waals surface area contributed by atoms with Crippen LogP contribution in [0.2, 0.25) is 0 Å². The zero-order valence-corrected chi connectivity index (χ0v) is 22.8. The number of carbonyl (C=O) groups is 1. The van der Waals surface area contributed by atoms with Gasteiger partial charge in [-0.15, -0.1) is 11.3 Å². The Morgan fingerprint density at radius 1 is 1.18 bits per heavy atom. The van der Waals surface area contributed by atoms with Gasteiger partial charge in [-0.25, -0.2) is 4.98 Å². The average Bonchev–Trinajstić information content (AvgIpc) is 3.17. The van der Waals surface area contributed by atoms with Gasteiger partial charge in [-0.1, -0.05) is 24.3 Å². The fourth-order valence-corrected chi connectivity index (χ4v) is 5.89. The molecule has 1 unspecified atom stereocenters. The summed E-state index contributed by atoms with van der Waals surface area (Å²) in [7, 11) is 0. The largest absolute Gasteiger partial charge is 1.00 e. The number of rotatable bonds is 5. The van der Waals surface area contributed by atoms with Crippen molar-refractivity contribution in [2.45, 2.75) is 39.7 Å². The van der Waals surface area contributed by atoms with Crippen LogP contribution in [0.25, 0.3) is 31.6 Å². The molecule has 0 bridgehead atoms. The first-order valence-electron chi connectivity index (χ1n) is 11.3. The third-order valence-corrected chi connectivity index (χ3v) is 7.96. The Bertz CT molecular complexity index is 1360. The van der Waals surface area contributed by atoms with Crippen LogP contribution in [0.3, 0.4) is 0 Å². The van der Waals surface area contributed by atoms with Crippen molar-refractivity contribution < 1.29 is 48.9 Å². The summed E-state index contributed by atoms with van der Waals surface area (Å²) in [4.78, 5) is 18.2. The van der Waals surface area contributed by atoms with E-state index >= 15 is 0 Å². The molecule has 3 heterocycles. The molecule has 1 fully saturated rings. The number of carbonyl (C=O) groups excluding carboxylic acids is 1. The molecule has 0 spiro atoms. The van der Waals surface area contributed by atoms with Gasteiger partial charge >= 0.3 is 29.6 Å². The number of hydrogen-bond donors (Lipinski definition) is 0. The minimum Gasteiger partial charge on any atom is -0.545 e. The van der Waals surface area contributed by atoms with Gasteiger partial charge in [-0.2, -0.15) is 0 Å². The zero-order chi connectivity index (χ0) is 23.1. The number of aryl methyl sites for hydroxylation is 2. The number of nitrogens with zero attached hydrogens (tertiary/aromatic N) is 1. The minimum absolute atomic E-state index is 0. The van der Waals surface area contributed by atoms with E-state index in [0.717, 1.165) is 52.1 Å². The van der Waals surface area contributed by atoms with Crippen LogP contribution < -0.4 is 39.4 Å². The van der Waals surface area contributed by atoms with Crippen molar-refractivity contribution in [2.75, 3.05) is 13.2 Å². The molecule has 5 rings (SSSR count). The molecule has 1 saturated heterocycles. The molecular formula is C27H26NNaO4S. The van der Waals surface area contributed by atoms with Crippen LogP contribution in [0, 0.1) is 19.8 Å². The molecule has 0 saturated carbocycles. The molecule has 0 N–H and O–H groups in total. The summed E-state index contributed by atoms with van der Waals surface area (Å²) < 4.78 is 13.0. The summed E-state index contributed by atoms with van der Waals surface area (Å²) in [6, 6.07) is 13.6. The molecule has 1 aliphatic heterocycles. The van der Waals surface area contributed by atoms with E-state index in [4.69, 9.17) is 14.5 Å². The van der Waals surface area contributed by atoms with Gasteiger partial charge < -0.3 is 19.4 Å². The molecular weight excluding hydrogens is 457 g/mol. The van der Waals surface area contributed by atoms with Crippen LogP contribution in [0.1, 0.15) is 41.3 Å². The van der Waals surface area contributed by atoms with E-state index in [9.17, 15) is 9.90 Å². The monoisotopic (exact) mass is 483 g/mol. The molecule has 2 aromatic carbocycles. The Morgan fingerprint density at radius 2 is 1.91 bits per heavy atom. The van der Waals surface area contributed by atoms with Crippen LogP contribution in [0.5, 0.6) is 5.75 Å². The van der Waals surface area contributed by atoms with Gasteiger partial charge in [0.05, 0.1) is 33.5 Å². The Kier molecular flexibility index (Phi) is 7.65. The number of fused-ring (bicyclic) bond motifs is 2. The van der Waals surface area contributed by atoms with E-state index in [-0.39, 0.29) is 41.2 Å². The Balaban J connectivity index is 0.00000274. The standard InChI is InChI=1S/C27H27NO4S.Na/c1-15-8-9-22(32-17(3)18-10-12-31-13-11-18)24-20(27(29)30)14-21(28-25(15)24)26-16(2)19-6-4-5-7-23(19)33-26;/h4-9,14,17-18H,10-13H2,1-3H3,(H,29,30);/q;+1/p-1. The fraction of sp³-hybridized carbons (Fsp3) is 0.333. The summed E-state index contributed by atoms with van der Waals surface area (Å²) in [5.74, 6) is -0.313. The molecule has 0 radical (unpaired) electrons. The summed E-state index contributed by atoms with van der Waals surface area (Å²) in [5.41, 5.74) is 3.41. The number of ether oxygens (including phenoxy) is 2. The molecule has 1 aliphatic rings. The third kappa shape index (κ3) is 4.62. The molecule has 4 aromatic rings. The van der Waals surface area contributed by atoms with Gasteiger partial charge in [0.2, 0.25) is 0 Å². The van der Waals surface area contributed by atoms with Crippen molar-refractivity contribution in [3.63, 3.8) is 0 Å². The van der Waals surface area contributed by atoms with E-state index in [1.54, 1.807) is 17.4 Å². The topological polar surface area (TPSA) is 71.5 Å². The first-order valence-corrected chi connectivity index (χ1v) is 12.1. The van der Waals surface area contributed by atoms with Crippen LogP contribution >= 0.6 is 11.3 Å². The van der Waals surface area contributed by atoms with Crippen LogP contribution in [0.15, 0.2) is 42.5 Å². The number of thiophene rings is 1. The summed E-state index contributed by atoms with van der Waals surface area (Å²) in [6.45, 7) is 7.51. The molecule has 34 heavy (non-hydrogen) atoms. The smallest absolute Gasteiger partial charge is 0.545 e.